The number of hydrogen-bond donors (Lipinski definition) is 9. The molecule has 0 saturated carbocycles. The first kappa shape index (κ1) is 60.3. The molecule has 0 atom stereocenters. The van der Waals surface area contributed by atoms with Gasteiger partial charge in [-0.25, -0.2) is 19.2 Å². The van der Waals surface area contributed by atoms with Crippen molar-refractivity contribution in [2.75, 3.05) is 21.3 Å². The Morgan fingerprint density at radius 1 is 0.367 bits per heavy atom. The zero-order valence-corrected chi connectivity index (χ0v) is 43.0. The van der Waals surface area contributed by atoms with Gasteiger partial charge in [-0.1, -0.05) is 54.6 Å². The van der Waals surface area contributed by atoms with Crippen LogP contribution in [0.2, 0.25) is 0 Å². The minimum Gasteiger partial charge on any atom is -0.508 e. The molecule has 4 aromatic heterocycles. The van der Waals surface area contributed by atoms with E-state index in [2.05, 4.69) is 0 Å². The van der Waals surface area contributed by atoms with Crippen LogP contribution < -0.4 is 36.7 Å². The number of ether oxygens (including phenoxy) is 3. The molecule has 0 aliphatic heterocycles. The summed E-state index contributed by atoms with van der Waals surface area (Å²) in [5, 5.41) is 83.0. The van der Waals surface area contributed by atoms with Crippen LogP contribution in [0.25, 0.3) is 24.3 Å². The molecule has 4 heterocycles. The lowest BCUT2D eigenvalue weighted by molar-refractivity contribution is 0.260. The number of aliphatic hydroxyl groups excluding tert-OH is 4. The van der Waals surface area contributed by atoms with Crippen LogP contribution in [0.4, 0.5) is 0 Å². The van der Waals surface area contributed by atoms with Crippen molar-refractivity contribution < 1.29 is 77.8 Å². The van der Waals surface area contributed by atoms with E-state index in [1.807, 2.05) is 12.1 Å². The predicted octanol–water partition coefficient (Wildman–Crippen LogP) is 6.99. The second kappa shape index (κ2) is 30.2. The van der Waals surface area contributed by atoms with Gasteiger partial charge in [0.15, 0.2) is 23.0 Å². The molecule has 0 aliphatic carbocycles. The summed E-state index contributed by atoms with van der Waals surface area (Å²) < 4.78 is 35.0. The molecule has 0 bridgehead atoms. The second-order valence-electron chi connectivity index (χ2n) is 16.8. The highest BCUT2D eigenvalue weighted by atomic mass is 16.5. The molecule has 0 saturated heterocycles. The lowest BCUT2D eigenvalue weighted by Gasteiger charge is -2.08. The number of rotatable bonds is 17. The minimum absolute atomic E-state index is 0.0963. The molecule has 0 fully saturated rings. The van der Waals surface area contributed by atoms with Gasteiger partial charge in [-0.05, 0) is 99.8 Å². The summed E-state index contributed by atoms with van der Waals surface area (Å²) in [5.74, 6) is 2.04. The van der Waals surface area contributed by atoms with Crippen molar-refractivity contribution in [3.05, 3.63) is 231 Å². The van der Waals surface area contributed by atoms with Crippen LogP contribution in [0.15, 0.2) is 158 Å². The van der Waals surface area contributed by atoms with Crippen LogP contribution in [0.5, 0.6) is 46.0 Å². The first-order valence-corrected chi connectivity index (χ1v) is 23.9. The number of benzene rings is 4. The average Bonchev–Trinajstić information content (AvgIpc) is 3.44. The van der Waals surface area contributed by atoms with Gasteiger partial charge in [0.2, 0.25) is 0 Å². The molecule has 0 spiro atoms. The first-order chi connectivity index (χ1) is 37.9. The SMILES string of the molecule is COc1cc(/C=C/c2ccc(CO)c(CO)c2)oc(=O)c1.COc1cc(CCc2ccc(CO)c(CO)c2)oc(=O)c1.COc1cc(CCc2ccc(O)c(O)c2)oc(=O)c1.O=c1cc(O)cc(/C=C/c2ccc(O)c(O)c2)o1. The minimum atomic E-state index is -0.650. The van der Waals surface area contributed by atoms with Crippen molar-refractivity contribution >= 4 is 24.3 Å². The van der Waals surface area contributed by atoms with Crippen molar-refractivity contribution in [3.63, 3.8) is 0 Å². The van der Waals surface area contributed by atoms with E-state index in [1.165, 1.54) is 75.9 Å². The molecule has 0 aliphatic rings. The Kier molecular flexibility index (Phi) is 23.1. The largest absolute Gasteiger partial charge is 0.508 e. The van der Waals surface area contributed by atoms with E-state index in [9.17, 15) is 49.8 Å². The molecular weight excluding hydrogens is 1030 g/mol. The van der Waals surface area contributed by atoms with Crippen LogP contribution in [-0.4, -0.2) is 67.3 Å². The van der Waals surface area contributed by atoms with Gasteiger partial charge in [-0.15, -0.1) is 0 Å². The predicted molar refractivity (Wildman–Crippen MR) is 290 cm³/mol. The molecule has 414 valence electrons. The van der Waals surface area contributed by atoms with Crippen LogP contribution >= 0.6 is 0 Å². The maximum atomic E-state index is 11.4. The molecule has 0 radical (unpaired) electrons. The zero-order chi connectivity index (χ0) is 57.4. The topological polar surface area (TPSA) is 331 Å². The molecule has 9 N–H and O–H groups in total. The van der Waals surface area contributed by atoms with Crippen molar-refractivity contribution in [3.8, 4) is 46.0 Å². The molecule has 4 aromatic carbocycles. The number of phenols is 4. The van der Waals surface area contributed by atoms with E-state index < -0.39 is 22.5 Å². The highest BCUT2D eigenvalue weighted by Gasteiger charge is 2.09. The molecule has 20 nitrogen and oxygen atoms in total. The Labute approximate surface area is 450 Å². The van der Waals surface area contributed by atoms with Gasteiger partial charge in [0.25, 0.3) is 0 Å². The lowest BCUT2D eigenvalue weighted by Crippen LogP contribution is -2.03. The van der Waals surface area contributed by atoms with Crippen molar-refractivity contribution in [2.24, 2.45) is 0 Å². The fourth-order valence-electron chi connectivity index (χ4n) is 7.18. The third-order valence-electron chi connectivity index (χ3n) is 11.3. The Morgan fingerprint density at radius 3 is 1.27 bits per heavy atom. The smallest absolute Gasteiger partial charge is 0.339 e. The van der Waals surface area contributed by atoms with Gasteiger partial charge in [0.05, 0.1) is 72.0 Å². The summed E-state index contributed by atoms with van der Waals surface area (Å²) in [7, 11) is 4.46. The van der Waals surface area contributed by atoms with Crippen LogP contribution in [0.3, 0.4) is 0 Å². The molecule has 8 aromatic rings. The Morgan fingerprint density at radius 2 is 0.772 bits per heavy atom. The highest BCUT2D eigenvalue weighted by molar-refractivity contribution is 5.69. The summed E-state index contributed by atoms with van der Waals surface area (Å²) in [4.78, 5) is 44.9. The Bertz CT molecular complexity index is 3580. The number of phenolic OH excluding ortho intramolecular Hbond substituents is 4. The standard InChI is InChI=1S/C16H18O5.C16H16O5.C14H14O5.C13H10O5/c2*1-20-15-7-14(21-16(19)8-15)5-3-11-2-4-12(9-17)13(6-11)10-18;1-18-11-7-10(19-14(17)8-11)4-2-9-3-5-12(15)13(16)6-9;14-9-6-10(18-13(17)7-9)3-1-8-2-4-11(15)12(16)5-8/h2,4,6-8,17-18H,3,5,9-10H2,1H3;2-8,17-18H,9-10H2,1H3;3,5-8,15-16H,2,4H2,1H3;1-7,14-16H/b;5-3+;;3-1+. The second-order valence-corrected chi connectivity index (χ2v) is 16.8. The van der Waals surface area contributed by atoms with Crippen LogP contribution in [-0.2, 0) is 52.1 Å². The molecule has 0 unspecified atom stereocenters. The summed E-state index contributed by atoms with van der Waals surface area (Å²) in [5.41, 5.74) is 4.01. The molecule has 0 amide bonds. The fourth-order valence-corrected chi connectivity index (χ4v) is 7.18. The fraction of sp³-hybridized carbons (Fsp3) is 0.186. The van der Waals surface area contributed by atoms with E-state index in [1.54, 1.807) is 72.8 Å². The third kappa shape index (κ3) is 19.5. The summed E-state index contributed by atoms with van der Waals surface area (Å²) in [6.45, 7) is -0.477. The lowest BCUT2D eigenvalue weighted by atomic mass is 10.0. The number of aliphatic hydroxyl groups is 4. The highest BCUT2D eigenvalue weighted by Crippen LogP contribution is 2.27. The van der Waals surface area contributed by atoms with Crippen LogP contribution in [0, 0.1) is 0 Å². The first-order valence-electron chi connectivity index (χ1n) is 23.9. The summed E-state index contributed by atoms with van der Waals surface area (Å²) >= 11 is 0. The normalized spacial score (nSPS) is 10.7. The Balaban J connectivity index is 0.000000194. The van der Waals surface area contributed by atoms with Gasteiger partial charge < -0.3 is 77.8 Å². The van der Waals surface area contributed by atoms with Crippen molar-refractivity contribution in [1.29, 1.82) is 0 Å². The van der Waals surface area contributed by atoms with Gasteiger partial charge >= 0.3 is 22.5 Å². The van der Waals surface area contributed by atoms with Gasteiger partial charge in [-0.2, -0.15) is 0 Å². The number of aryl methyl sites for hydroxylation is 4. The summed E-state index contributed by atoms with van der Waals surface area (Å²) in [6.07, 6.45) is 8.70. The Hall–Kier alpha value is -9.60. The van der Waals surface area contributed by atoms with E-state index in [0.29, 0.717) is 88.0 Å². The zero-order valence-electron chi connectivity index (χ0n) is 43.0. The van der Waals surface area contributed by atoms with Crippen molar-refractivity contribution in [1.82, 2.24) is 0 Å². The van der Waals surface area contributed by atoms with Crippen LogP contribution in [0.1, 0.15) is 67.5 Å². The molecule has 79 heavy (non-hydrogen) atoms. The quantitative estimate of drug-likeness (QED) is 0.0415. The van der Waals surface area contributed by atoms with E-state index >= 15 is 0 Å². The van der Waals surface area contributed by atoms with E-state index in [4.69, 9.17) is 47.2 Å². The van der Waals surface area contributed by atoms with Gasteiger partial charge in [-0.3, -0.25) is 0 Å². The number of methoxy groups -OCH3 is 3. The average molecular weight is 1090 g/mol. The van der Waals surface area contributed by atoms with E-state index in [0.717, 1.165) is 22.8 Å². The third-order valence-corrected chi connectivity index (χ3v) is 11.3. The van der Waals surface area contributed by atoms with Crippen molar-refractivity contribution in [2.45, 2.75) is 52.1 Å². The monoisotopic (exact) mass is 1090 g/mol. The maximum absolute atomic E-state index is 11.4. The molecule has 20 heteroatoms. The number of aromatic hydroxyl groups is 5. The van der Waals surface area contributed by atoms with Gasteiger partial charge in [0.1, 0.15) is 46.0 Å². The van der Waals surface area contributed by atoms with Gasteiger partial charge in [0, 0.05) is 37.1 Å². The maximum Gasteiger partial charge on any atom is 0.339 e. The summed E-state index contributed by atoms with van der Waals surface area (Å²) in [6, 6.07) is 30.8. The molecular formula is C59H58O20. The molecule has 8 rings (SSSR count). The van der Waals surface area contributed by atoms with E-state index in [-0.39, 0.29) is 60.9 Å². The number of hydrogen-bond acceptors (Lipinski definition) is 20.